The van der Waals surface area contributed by atoms with Crippen LogP contribution in [0.25, 0.3) is 0 Å². The standard InChI is InChI=1S/C15H30N4O4S/c1-2-16-15(19-8-6-13(20)12-19)17-7-10-24(21,22)18-11-14-5-3-4-9-23-14/h13-14,18,20H,2-12H2,1H3,(H,16,17)/t13-,14?/m1/s1. The van der Waals surface area contributed by atoms with Crippen LogP contribution >= 0.6 is 0 Å². The topological polar surface area (TPSA) is 103 Å². The zero-order valence-corrected chi connectivity index (χ0v) is 15.2. The van der Waals surface area contributed by atoms with Gasteiger partial charge >= 0.3 is 0 Å². The Balaban J connectivity index is 1.78. The van der Waals surface area contributed by atoms with Crippen LogP contribution in [0.1, 0.15) is 32.6 Å². The number of hydrogen-bond acceptors (Lipinski definition) is 5. The number of nitrogens with zero attached hydrogens (tertiary/aromatic N) is 2. The molecule has 0 aliphatic carbocycles. The van der Waals surface area contributed by atoms with E-state index in [0.29, 0.717) is 38.6 Å². The van der Waals surface area contributed by atoms with Gasteiger partial charge in [-0.25, -0.2) is 13.1 Å². The van der Waals surface area contributed by atoms with E-state index in [2.05, 4.69) is 15.0 Å². The van der Waals surface area contributed by atoms with Crippen molar-refractivity contribution in [2.45, 2.75) is 44.8 Å². The first-order chi connectivity index (χ1) is 11.5. The average molecular weight is 362 g/mol. The molecule has 2 heterocycles. The molecule has 0 aromatic rings. The number of aliphatic imine (C=N–C) groups is 1. The summed E-state index contributed by atoms with van der Waals surface area (Å²) in [7, 11) is -3.36. The zero-order chi connectivity index (χ0) is 17.4. The zero-order valence-electron chi connectivity index (χ0n) is 14.4. The van der Waals surface area contributed by atoms with E-state index in [1.54, 1.807) is 0 Å². The van der Waals surface area contributed by atoms with E-state index in [1.165, 1.54) is 0 Å². The third-order valence-corrected chi connectivity index (χ3v) is 5.55. The van der Waals surface area contributed by atoms with E-state index in [1.807, 2.05) is 11.8 Å². The molecule has 1 unspecified atom stereocenters. The number of aliphatic hydroxyl groups is 1. The van der Waals surface area contributed by atoms with Crippen molar-refractivity contribution in [3.63, 3.8) is 0 Å². The van der Waals surface area contributed by atoms with Gasteiger partial charge in [-0.2, -0.15) is 0 Å². The first-order valence-electron chi connectivity index (χ1n) is 8.80. The summed E-state index contributed by atoms with van der Waals surface area (Å²) in [5.74, 6) is 0.616. The normalized spacial score (nSPS) is 25.9. The van der Waals surface area contributed by atoms with Crippen molar-refractivity contribution in [3.05, 3.63) is 0 Å². The first kappa shape index (κ1) is 19.4. The summed E-state index contributed by atoms with van der Waals surface area (Å²) in [6, 6.07) is 0. The maximum atomic E-state index is 12.1. The van der Waals surface area contributed by atoms with Gasteiger partial charge in [0.15, 0.2) is 5.96 Å². The highest BCUT2D eigenvalue weighted by molar-refractivity contribution is 7.89. The highest BCUT2D eigenvalue weighted by Gasteiger charge is 2.23. The molecular formula is C15H30N4O4S. The Morgan fingerprint density at radius 1 is 1.38 bits per heavy atom. The minimum Gasteiger partial charge on any atom is -0.391 e. The van der Waals surface area contributed by atoms with Crippen molar-refractivity contribution in [2.75, 3.05) is 45.1 Å². The minimum absolute atomic E-state index is 0.0135. The number of rotatable bonds is 7. The van der Waals surface area contributed by atoms with Crippen LogP contribution in [0, 0.1) is 0 Å². The van der Waals surface area contributed by atoms with Crippen molar-refractivity contribution in [1.29, 1.82) is 0 Å². The Labute approximate surface area is 144 Å². The number of sulfonamides is 1. The van der Waals surface area contributed by atoms with Gasteiger partial charge in [-0.05, 0) is 32.6 Å². The van der Waals surface area contributed by atoms with Crippen molar-refractivity contribution < 1.29 is 18.3 Å². The van der Waals surface area contributed by atoms with E-state index in [0.717, 1.165) is 25.8 Å². The van der Waals surface area contributed by atoms with Gasteiger partial charge in [0, 0.05) is 32.8 Å². The van der Waals surface area contributed by atoms with Gasteiger partial charge in [0.05, 0.1) is 24.5 Å². The summed E-state index contributed by atoms with van der Waals surface area (Å²) in [6.45, 7) is 5.18. The van der Waals surface area contributed by atoms with Crippen LogP contribution < -0.4 is 10.0 Å². The van der Waals surface area contributed by atoms with E-state index in [-0.39, 0.29) is 24.5 Å². The third-order valence-electron chi connectivity index (χ3n) is 4.22. The molecule has 8 nitrogen and oxygen atoms in total. The number of hydrogen-bond donors (Lipinski definition) is 3. The fourth-order valence-corrected chi connectivity index (χ4v) is 3.81. The van der Waals surface area contributed by atoms with Gasteiger partial charge in [0.1, 0.15) is 0 Å². The lowest BCUT2D eigenvalue weighted by molar-refractivity contribution is 0.0200. The summed E-state index contributed by atoms with van der Waals surface area (Å²) < 4.78 is 32.3. The summed E-state index contributed by atoms with van der Waals surface area (Å²) >= 11 is 0. The second-order valence-electron chi connectivity index (χ2n) is 6.28. The van der Waals surface area contributed by atoms with Crippen LogP contribution in [-0.4, -0.2) is 81.7 Å². The van der Waals surface area contributed by atoms with Crippen LogP contribution in [0.3, 0.4) is 0 Å². The van der Waals surface area contributed by atoms with Crippen LogP contribution in [0.4, 0.5) is 0 Å². The highest BCUT2D eigenvalue weighted by atomic mass is 32.2. The van der Waals surface area contributed by atoms with Crippen LogP contribution in [-0.2, 0) is 14.8 Å². The first-order valence-corrected chi connectivity index (χ1v) is 10.5. The maximum absolute atomic E-state index is 12.1. The molecule has 9 heteroatoms. The molecule has 2 fully saturated rings. The van der Waals surface area contributed by atoms with Crippen LogP contribution in [0.5, 0.6) is 0 Å². The smallest absolute Gasteiger partial charge is 0.213 e. The van der Waals surface area contributed by atoms with Crippen LogP contribution in [0.15, 0.2) is 4.99 Å². The average Bonchev–Trinajstić information content (AvgIpc) is 3.00. The second-order valence-corrected chi connectivity index (χ2v) is 8.21. The fourth-order valence-electron chi connectivity index (χ4n) is 2.89. The number of guanidine groups is 1. The quantitative estimate of drug-likeness (QED) is 0.417. The summed E-state index contributed by atoms with van der Waals surface area (Å²) in [6.07, 6.45) is 3.41. The van der Waals surface area contributed by atoms with E-state index < -0.39 is 10.0 Å². The molecule has 2 aliphatic heterocycles. The molecule has 140 valence electrons. The Morgan fingerprint density at radius 3 is 2.83 bits per heavy atom. The van der Waals surface area contributed by atoms with Gasteiger partial charge in [-0.15, -0.1) is 0 Å². The van der Waals surface area contributed by atoms with Crippen molar-refractivity contribution in [3.8, 4) is 0 Å². The van der Waals surface area contributed by atoms with E-state index in [4.69, 9.17) is 4.74 Å². The molecular weight excluding hydrogens is 332 g/mol. The van der Waals surface area contributed by atoms with Gasteiger partial charge in [-0.1, -0.05) is 0 Å². The van der Waals surface area contributed by atoms with Crippen molar-refractivity contribution >= 4 is 16.0 Å². The molecule has 2 aliphatic rings. The highest BCUT2D eigenvalue weighted by Crippen LogP contribution is 2.12. The van der Waals surface area contributed by atoms with Crippen molar-refractivity contribution in [2.24, 2.45) is 4.99 Å². The third kappa shape index (κ3) is 6.54. The molecule has 0 spiro atoms. The molecule has 0 amide bonds. The molecule has 2 atom stereocenters. The maximum Gasteiger partial charge on any atom is 0.213 e. The Hall–Kier alpha value is -0.900. The molecule has 24 heavy (non-hydrogen) atoms. The molecule has 0 aromatic carbocycles. The molecule has 0 aromatic heterocycles. The van der Waals surface area contributed by atoms with Crippen LogP contribution in [0.2, 0.25) is 0 Å². The summed E-state index contributed by atoms with van der Waals surface area (Å²) in [5.41, 5.74) is 0. The Kier molecular flexibility index (Phi) is 7.73. The monoisotopic (exact) mass is 362 g/mol. The largest absolute Gasteiger partial charge is 0.391 e. The number of likely N-dealkylation sites (tertiary alicyclic amines) is 1. The molecule has 2 rings (SSSR count). The van der Waals surface area contributed by atoms with E-state index in [9.17, 15) is 13.5 Å². The predicted octanol–water partition coefficient (Wildman–Crippen LogP) is -0.493. The number of aliphatic hydroxyl groups excluding tert-OH is 1. The number of ether oxygens (including phenoxy) is 1. The van der Waals surface area contributed by atoms with Gasteiger partial charge in [0.25, 0.3) is 0 Å². The van der Waals surface area contributed by atoms with Crippen molar-refractivity contribution in [1.82, 2.24) is 14.9 Å². The molecule has 2 saturated heterocycles. The molecule has 0 bridgehead atoms. The van der Waals surface area contributed by atoms with Gasteiger partial charge < -0.3 is 20.1 Å². The summed E-state index contributed by atoms with van der Waals surface area (Å²) in [4.78, 5) is 6.34. The summed E-state index contributed by atoms with van der Waals surface area (Å²) in [5, 5.41) is 12.8. The molecule has 0 radical (unpaired) electrons. The Bertz CT molecular complexity index is 506. The Morgan fingerprint density at radius 2 is 2.21 bits per heavy atom. The van der Waals surface area contributed by atoms with Gasteiger partial charge in [0.2, 0.25) is 10.0 Å². The lowest BCUT2D eigenvalue weighted by atomic mass is 10.1. The number of nitrogens with one attached hydrogen (secondary N) is 2. The predicted molar refractivity (Wildman–Crippen MR) is 93.6 cm³/mol. The number of β-amino-alcohol motifs (C(OH)–C–C–N with tert-alkyl or cyclic N) is 1. The van der Waals surface area contributed by atoms with Gasteiger partial charge in [-0.3, -0.25) is 4.99 Å². The van der Waals surface area contributed by atoms with E-state index >= 15 is 0 Å². The fraction of sp³-hybridized carbons (Fsp3) is 0.933. The lowest BCUT2D eigenvalue weighted by Gasteiger charge is -2.22. The molecule has 0 saturated carbocycles. The lowest BCUT2D eigenvalue weighted by Crippen LogP contribution is -2.41. The SMILES string of the molecule is CCNC(=NCCS(=O)(=O)NCC1CCCCO1)N1CC[C@@H](O)C1. The molecule has 3 N–H and O–H groups in total. The minimum atomic E-state index is -3.36. The second kappa shape index (κ2) is 9.55.